The van der Waals surface area contributed by atoms with Gasteiger partial charge in [-0.15, -0.1) is 0 Å². The van der Waals surface area contributed by atoms with Gasteiger partial charge in [0, 0.05) is 30.2 Å². The van der Waals surface area contributed by atoms with Crippen molar-refractivity contribution in [1.29, 1.82) is 0 Å². The van der Waals surface area contributed by atoms with Crippen LogP contribution in [0.25, 0.3) is 10.9 Å². The summed E-state index contributed by atoms with van der Waals surface area (Å²) in [5.41, 5.74) is 1.33. The third kappa shape index (κ3) is 8.04. The molecule has 5 N–H and O–H groups in total. The summed E-state index contributed by atoms with van der Waals surface area (Å²) in [6, 6.07) is 12.6. The van der Waals surface area contributed by atoms with Gasteiger partial charge >= 0.3 is 6.09 Å². The maximum atomic E-state index is 13.9. The van der Waals surface area contributed by atoms with Crippen LogP contribution in [-0.2, 0) is 16.4 Å². The van der Waals surface area contributed by atoms with Gasteiger partial charge in [-0.3, -0.25) is 4.99 Å². The topological polar surface area (TPSA) is 155 Å². The van der Waals surface area contributed by atoms with Crippen LogP contribution in [0.15, 0.2) is 58.4 Å². The first kappa shape index (κ1) is 30.1. The summed E-state index contributed by atoms with van der Waals surface area (Å²) in [6.45, 7) is 9.24. The second-order valence-electron chi connectivity index (χ2n) is 11.1. The Labute approximate surface area is 229 Å². The summed E-state index contributed by atoms with van der Waals surface area (Å²) in [7, 11) is -4.11. The zero-order valence-electron chi connectivity index (χ0n) is 22.9. The number of aromatic amines is 1. The number of hydrogen-bond donors (Lipinski definition) is 5. The minimum absolute atomic E-state index is 0.0157. The third-order valence-electron chi connectivity index (χ3n) is 6.04. The number of hydrogen-bond acceptors (Lipinski definition) is 6. The molecule has 0 spiro atoms. The molecule has 212 valence electrons. The van der Waals surface area contributed by atoms with Gasteiger partial charge in [0.15, 0.2) is 5.88 Å². The fourth-order valence-electron chi connectivity index (χ4n) is 4.20. The lowest BCUT2D eigenvalue weighted by Crippen LogP contribution is -2.50. The Balaban J connectivity index is 1.97. The van der Waals surface area contributed by atoms with Crippen molar-refractivity contribution in [2.45, 2.75) is 63.6 Å². The predicted molar refractivity (Wildman–Crippen MR) is 152 cm³/mol. The number of aliphatic hydroxyl groups is 1. The molecule has 0 bridgehead atoms. The minimum Gasteiger partial charge on any atom is -0.494 e. The summed E-state index contributed by atoms with van der Waals surface area (Å²) in [6.07, 6.45) is -0.916. The Hall–Kier alpha value is -3.41. The molecular weight excluding hydrogens is 520 g/mol. The Morgan fingerprint density at radius 2 is 1.79 bits per heavy atom. The number of aliphatic imine (C=N–C) groups is 1. The molecule has 2 aromatic carbocycles. The number of nitrogens with zero attached hydrogens (tertiary/aromatic N) is 2. The fourth-order valence-corrected chi connectivity index (χ4v) is 5.85. The number of benzene rings is 2. The quantitative estimate of drug-likeness (QED) is 0.224. The second kappa shape index (κ2) is 12.2. The molecule has 0 fully saturated rings. The highest BCUT2D eigenvalue weighted by Crippen LogP contribution is 2.30. The van der Waals surface area contributed by atoms with Crippen molar-refractivity contribution in [1.82, 2.24) is 14.6 Å². The van der Waals surface area contributed by atoms with Crippen molar-refractivity contribution < 1.29 is 28.5 Å². The highest BCUT2D eigenvalue weighted by Gasteiger charge is 2.32. The van der Waals surface area contributed by atoms with E-state index in [0.29, 0.717) is 16.5 Å². The molecule has 3 rings (SSSR count). The molecule has 0 saturated heterocycles. The summed E-state index contributed by atoms with van der Waals surface area (Å²) >= 11 is 0. The van der Waals surface area contributed by atoms with E-state index in [4.69, 9.17) is 0 Å². The van der Waals surface area contributed by atoms with E-state index < -0.39 is 33.8 Å². The number of aromatic hydroxyl groups is 1. The van der Waals surface area contributed by atoms with Gasteiger partial charge in [-0.25, -0.2) is 13.2 Å². The van der Waals surface area contributed by atoms with Gasteiger partial charge in [-0.1, -0.05) is 44.2 Å². The van der Waals surface area contributed by atoms with Crippen molar-refractivity contribution in [2.24, 2.45) is 10.9 Å². The molecule has 3 aromatic rings. The molecule has 10 nitrogen and oxygen atoms in total. The smallest absolute Gasteiger partial charge is 0.404 e. The molecule has 1 aromatic heterocycles. The maximum absolute atomic E-state index is 13.9. The third-order valence-corrected chi connectivity index (χ3v) is 7.87. The normalized spacial score (nSPS) is 14.4. The molecule has 11 heteroatoms. The van der Waals surface area contributed by atoms with Crippen molar-refractivity contribution in [3.63, 3.8) is 0 Å². The number of aliphatic hydroxyl groups excluding tert-OH is 1. The summed E-state index contributed by atoms with van der Waals surface area (Å²) in [5.74, 6) is -0.188. The summed E-state index contributed by atoms with van der Waals surface area (Å²) in [4.78, 5) is 18.7. The van der Waals surface area contributed by atoms with Crippen LogP contribution in [0.4, 0.5) is 4.79 Å². The largest absolute Gasteiger partial charge is 0.494 e. The molecule has 0 aliphatic rings. The standard InChI is InChI=1S/C28H38N4O6S/c1-18(2)16-32(17-25(33)24(31-27(35)36)13-19-9-7-6-8-10-19)39(37,38)20-11-12-23-21(14-20)22(26(34)30-23)15-29-28(3,4)5/h6-12,14-15,18,24-25,30-31,33-34H,13,16-17H2,1-5H3,(H,35,36). The van der Waals surface area contributed by atoms with Crippen LogP contribution in [-0.4, -0.2) is 76.1 Å². The second-order valence-corrected chi connectivity index (χ2v) is 13.0. The van der Waals surface area contributed by atoms with Crippen LogP contribution in [0.3, 0.4) is 0 Å². The van der Waals surface area contributed by atoms with Crippen LogP contribution in [0.1, 0.15) is 45.7 Å². The van der Waals surface area contributed by atoms with Crippen LogP contribution in [0, 0.1) is 5.92 Å². The number of fused-ring (bicyclic) bond motifs is 1. The van der Waals surface area contributed by atoms with Gasteiger partial charge in [-0.05, 0) is 56.9 Å². The highest BCUT2D eigenvalue weighted by atomic mass is 32.2. The molecule has 1 heterocycles. The number of amides is 1. The zero-order valence-corrected chi connectivity index (χ0v) is 23.7. The fraction of sp³-hybridized carbons (Fsp3) is 0.429. The Kier molecular flexibility index (Phi) is 9.42. The molecule has 39 heavy (non-hydrogen) atoms. The highest BCUT2D eigenvalue weighted by molar-refractivity contribution is 7.89. The van der Waals surface area contributed by atoms with Crippen LogP contribution in [0.5, 0.6) is 5.88 Å². The van der Waals surface area contributed by atoms with Crippen molar-refractivity contribution in [2.75, 3.05) is 13.1 Å². The SMILES string of the molecule is CC(C)CN(CC(O)C(Cc1ccccc1)NC(=O)O)S(=O)(=O)c1ccc2[nH]c(O)c(C=NC(C)(C)C)c2c1. The molecular formula is C28H38N4O6S. The first-order valence-electron chi connectivity index (χ1n) is 12.8. The number of nitrogens with one attached hydrogen (secondary N) is 2. The lowest BCUT2D eigenvalue weighted by atomic mass is 10.0. The number of aromatic nitrogens is 1. The Bertz CT molecular complexity index is 1410. The molecule has 1 amide bonds. The Morgan fingerprint density at radius 3 is 2.38 bits per heavy atom. The number of sulfonamides is 1. The molecule has 2 atom stereocenters. The van der Waals surface area contributed by atoms with Crippen LogP contribution < -0.4 is 5.32 Å². The number of carbonyl (C=O) groups is 1. The monoisotopic (exact) mass is 558 g/mol. The number of carboxylic acid groups (broad SMARTS) is 1. The van der Waals surface area contributed by atoms with Crippen molar-refractivity contribution in [3.05, 3.63) is 59.7 Å². The first-order chi connectivity index (χ1) is 18.2. The molecule has 0 aliphatic heterocycles. The van der Waals surface area contributed by atoms with Crippen LogP contribution in [0.2, 0.25) is 0 Å². The number of rotatable bonds is 11. The average Bonchev–Trinajstić information content (AvgIpc) is 3.15. The van der Waals surface area contributed by atoms with Gasteiger partial charge < -0.3 is 25.6 Å². The van der Waals surface area contributed by atoms with E-state index in [2.05, 4.69) is 15.3 Å². The van der Waals surface area contributed by atoms with Gasteiger partial charge in [-0.2, -0.15) is 4.31 Å². The molecule has 0 radical (unpaired) electrons. The average molecular weight is 559 g/mol. The molecule has 0 saturated carbocycles. The minimum atomic E-state index is -4.11. The van der Waals surface area contributed by atoms with E-state index in [0.717, 1.165) is 5.56 Å². The van der Waals surface area contributed by atoms with E-state index in [1.807, 2.05) is 65.0 Å². The van der Waals surface area contributed by atoms with Crippen molar-refractivity contribution in [3.8, 4) is 5.88 Å². The maximum Gasteiger partial charge on any atom is 0.404 e. The zero-order chi connectivity index (χ0) is 29.0. The number of H-pyrrole nitrogens is 1. The van der Waals surface area contributed by atoms with Gasteiger partial charge in [0.05, 0.1) is 28.1 Å². The van der Waals surface area contributed by atoms with E-state index in [-0.39, 0.29) is 36.2 Å². The Morgan fingerprint density at radius 1 is 1.13 bits per heavy atom. The first-order valence-corrected chi connectivity index (χ1v) is 14.2. The molecule has 2 unspecified atom stereocenters. The van der Waals surface area contributed by atoms with Crippen molar-refractivity contribution >= 4 is 33.2 Å². The lowest BCUT2D eigenvalue weighted by molar-refractivity contribution is 0.0980. The van der Waals surface area contributed by atoms with E-state index in [1.54, 1.807) is 6.07 Å². The van der Waals surface area contributed by atoms with Crippen LogP contribution >= 0.6 is 0 Å². The van der Waals surface area contributed by atoms with Gasteiger partial charge in [0.25, 0.3) is 0 Å². The van der Waals surface area contributed by atoms with E-state index >= 15 is 0 Å². The summed E-state index contributed by atoms with van der Waals surface area (Å²) in [5, 5.41) is 33.7. The lowest BCUT2D eigenvalue weighted by Gasteiger charge is -2.30. The van der Waals surface area contributed by atoms with E-state index in [1.165, 1.54) is 22.7 Å². The van der Waals surface area contributed by atoms with Gasteiger partial charge in [0.1, 0.15) is 0 Å². The van der Waals surface area contributed by atoms with E-state index in [9.17, 15) is 28.5 Å². The summed E-state index contributed by atoms with van der Waals surface area (Å²) < 4.78 is 28.9. The van der Waals surface area contributed by atoms with Gasteiger partial charge in [0.2, 0.25) is 10.0 Å². The predicted octanol–water partition coefficient (Wildman–Crippen LogP) is 3.98. The molecule has 0 aliphatic carbocycles.